The van der Waals surface area contributed by atoms with Gasteiger partial charge in [0.1, 0.15) is 24.0 Å². The van der Waals surface area contributed by atoms with Crippen LogP contribution in [-0.2, 0) is 17.9 Å². The van der Waals surface area contributed by atoms with Gasteiger partial charge in [-0.25, -0.2) is 14.5 Å². The van der Waals surface area contributed by atoms with Crippen molar-refractivity contribution >= 4 is 32.7 Å². The van der Waals surface area contributed by atoms with Gasteiger partial charge in [-0.15, -0.1) is 0 Å². The first kappa shape index (κ1) is 25.2. The fourth-order valence-electron chi connectivity index (χ4n) is 5.27. The van der Waals surface area contributed by atoms with Crippen molar-refractivity contribution < 1.29 is 8.98 Å². The molecule has 3 heterocycles. The lowest BCUT2D eigenvalue weighted by Gasteiger charge is -2.23. The second-order valence-corrected chi connectivity index (χ2v) is 12.8. The zero-order valence-corrected chi connectivity index (χ0v) is 24.2. The number of aryl methyl sites for hydroxylation is 2. The van der Waals surface area contributed by atoms with E-state index in [-0.39, 0.29) is 10.8 Å². The van der Waals surface area contributed by atoms with E-state index in [1.165, 1.54) is 16.3 Å². The molecule has 6 aromatic rings. The molecular weight excluding hydrogens is 478 g/mol. The monoisotopic (exact) mass is 514 g/mol. The molecule has 4 nitrogen and oxygen atoms in total. The van der Waals surface area contributed by atoms with E-state index < -0.39 is 0 Å². The average Bonchev–Trinajstić information content (AvgIpc) is 3.25. The highest BCUT2D eigenvalue weighted by molar-refractivity contribution is 6.11. The molecule has 0 aliphatic rings. The third kappa shape index (κ3) is 4.38. The molecular formula is C35H36N3O+. The summed E-state index contributed by atoms with van der Waals surface area (Å²) in [6.07, 6.45) is 2.19. The Morgan fingerprint density at radius 3 is 2.21 bits per heavy atom. The second kappa shape index (κ2) is 8.74. The van der Waals surface area contributed by atoms with Gasteiger partial charge < -0.3 is 4.42 Å². The van der Waals surface area contributed by atoms with Crippen LogP contribution in [0.4, 0.5) is 0 Å². The normalized spacial score (nSPS) is 12.6. The summed E-state index contributed by atoms with van der Waals surface area (Å²) in [6.45, 7) is 15.3. The van der Waals surface area contributed by atoms with Crippen molar-refractivity contribution in [1.82, 2.24) is 9.97 Å². The lowest BCUT2D eigenvalue weighted by molar-refractivity contribution is -0.659. The Balaban J connectivity index is 1.58. The van der Waals surface area contributed by atoms with Crippen molar-refractivity contribution in [3.05, 3.63) is 90.0 Å². The van der Waals surface area contributed by atoms with Gasteiger partial charge >= 0.3 is 0 Å². The number of furan rings is 1. The maximum absolute atomic E-state index is 6.59. The van der Waals surface area contributed by atoms with E-state index in [1.54, 1.807) is 0 Å². The fraction of sp³-hybridized carbons (Fsp3) is 0.286. The van der Waals surface area contributed by atoms with Crippen molar-refractivity contribution in [3.63, 3.8) is 0 Å². The van der Waals surface area contributed by atoms with E-state index in [0.717, 1.165) is 56.0 Å². The zero-order chi connectivity index (χ0) is 27.7. The molecule has 0 bridgehead atoms. The van der Waals surface area contributed by atoms with Crippen LogP contribution >= 0.6 is 0 Å². The molecule has 0 saturated carbocycles. The first-order valence-electron chi connectivity index (χ1n) is 13.7. The Morgan fingerprint density at radius 1 is 0.744 bits per heavy atom. The van der Waals surface area contributed by atoms with Gasteiger partial charge in [-0.3, -0.25) is 0 Å². The van der Waals surface area contributed by atoms with Crippen LogP contribution in [0.25, 0.3) is 55.2 Å². The molecule has 0 atom stereocenters. The molecule has 0 saturated heterocycles. The molecule has 39 heavy (non-hydrogen) atoms. The highest BCUT2D eigenvalue weighted by Gasteiger charge is 2.25. The molecule has 0 aliphatic heterocycles. The molecule has 0 aliphatic carbocycles. The van der Waals surface area contributed by atoms with Crippen LogP contribution in [0.1, 0.15) is 58.6 Å². The Hall–Kier alpha value is -4.05. The molecule has 0 fully saturated rings. The Bertz CT molecular complexity index is 1870. The first-order chi connectivity index (χ1) is 18.4. The van der Waals surface area contributed by atoms with Gasteiger partial charge in [0.15, 0.2) is 6.20 Å². The SMILES string of the molecule is Cc1ccc2c(oc3ccc(-c4cc(C(C)(C)C)nc(C(C)(C)C)n4)cc32)c1-c1cc2ccccc2c[n+]1C. The minimum absolute atomic E-state index is 0.0774. The van der Waals surface area contributed by atoms with E-state index in [9.17, 15) is 0 Å². The van der Waals surface area contributed by atoms with Crippen LogP contribution in [0.3, 0.4) is 0 Å². The van der Waals surface area contributed by atoms with Gasteiger partial charge in [-0.05, 0) is 48.2 Å². The molecule has 3 aromatic heterocycles. The molecule has 3 aromatic carbocycles. The van der Waals surface area contributed by atoms with Crippen LogP contribution in [-0.4, -0.2) is 9.97 Å². The molecule has 0 amide bonds. The lowest BCUT2D eigenvalue weighted by atomic mass is 9.89. The first-order valence-corrected chi connectivity index (χ1v) is 13.7. The number of nitrogens with zero attached hydrogens (tertiary/aromatic N) is 3. The largest absolute Gasteiger partial charge is 0.455 e. The van der Waals surface area contributed by atoms with Crippen molar-refractivity contribution in [2.45, 2.75) is 59.3 Å². The number of fused-ring (bicyclic) bond motifs is 4. The number of hydrogen-bond donors (Lipinski definition) is 0. The molecule has 0 spiro atoms. The number of aromatic nitrogens is 3. The van der Waals surface area contributed by atoms with Gasteiger partial charge in [0, 0.05) is 38.6 Å². The maximum Gasteiger partial charge on any atom is 0.216 e. The summed E-state index contributed by atoms with van der Waals surface area (Å²) in [5.41, 5.74) is 8.10. The smallest absolute Gasteiger partial charge is 0.216 e. The minimum atomic E-state index is -0.149. The van der Waals surface area contributed by atoms with Gasteiger partial charge in [-0.1, -0.05) is 71.9 Å². The molecule has 0 radical (unpaired) electrons. The number of rotatable bonds is 2. The molecule has 0 unspecified atom stereocenters. The zero-order valence-electron chi connectivity index (χ0n) is 24.2. The van der Waals surface area contributed by atoms with Crippen LogP contribution in [0, 0.1) is 6.92 Å². The predicted octanol–water partition coefficient (Wildman–Crippen LogP) is 8.59. The molecule has 0 N–H and O–H groups in total. The fourth-order valence-corrected chi connectivity index (χ4v) is 5.27. The average molecular weight is 515 g/mol. The van der Waals surface area contributed by atoms with E-state index in [4.69, 9.17) is 14.4 Å². The van der Waals surface area contributed by atoms with Gasteiger partial charge in [0.2, 0.25) is 5.69 Å². The highest BCUT2D eigenvalue weighted by atomic mass is 16.3. The summed E-state index contributed by atoms with van der Waals surface area (Å²) >= 11 is 0. The van der Waals surface area contributed by atoms with Crippen LogP contribution in [0.15, 0.2) is 77.3 Å². The summed E-state index contributed by atoms with van der Waals surface area (Å²) in [4.78, 5) is 9.99. The van der Waals surface area contributed by atoms with E-state index in [0.29, 0.717) is 0 Å². The maximum atomic E-state index is 6.59. The molecule has 4 heteroatoms. The summed E-state index contributed by atoms with van der Waals surface area (Å²) in [6, 6.07) is 23.7. The molecule has 196 valence electrons. The number of hydrogen-bond acceptors (Lipinski definition) is 3. The topological polar surface area (TPSA) is 42.8 Å². The van der Waals surface area contributed by atoms with Crippen LogP contribution in [0.2, 0.25) is 0 Å². The summed E-state index contributed by atoms with van der Waals surface area (Å²) in [7, 11) is 2.11. The number of benzene rings is 3. The van der Waals surface area contributed by atoms with Crippen molar-refractivity contribution in [3.8, 4) is 22.5 Å². The highest BCUT2D eigenvalue weighted by Crippen LogP contribution is 2.39. The standard InChI is InChI=1S/C35H36N3O/c1-21-13-15-25-26-17-23(27-19-30(34(2,3)4)37-33(36-27)35(5,6)7)14-16-29(26)39-32(25)31(21)28-18-22-11-9-10-12-24(22)20-38(28)8/h9-20H,1-8H3/q+1. The van der Waals surface area contributed by atoms with Gasteiger partial charge in [-0.2, -0.15) is 0 Å². The van der Waals surface area contributed by atoms with Gasteiger partial charge in [0.25, 0.3) is 0 Å². The Kier molecular flexibility index (Phi) is 5.65. The van der Waals surface area contributed by atoms with Crippen LogP contribution < -0.4 is 4.57 Å². The number of pyridine rings is 1. The van der Waals surface area contributed by atoms with Crippen molar-refractivity contribution in [2.75, 3.05) is 0 Å². The van der Waals surface area contributed by atoms with Crippen molar-refractivity contribution in [2.24, 2.45) is 7.05 Å². The second-order valence-electron chi connectivity index (χ2n) is 12.8. The minimum Gasteiger partial charge on any atom is -0.455 e. The third-order valence-corrected chi connectivity index (χ3v) is 7.57. The van der Waals surface area contributed by atoms with E-state index in [1.807, 2.05) is 0 Å². The van der Waals surface area contributed by atoms with Gasteiger partial charge in [0.05, 0.1) is 17.0 Å². The Morgan fingerprint density at radius 2 is 1.49 bits per heavy atom. The molecule has 6 rings (SSSR count). The van der Waals surface area contributed by atoms with Crippen molar-refractivity contribution in [1.29, 1.82) is 0 Å². The van der Waals surface area contributed by atoms with E-state index >= 15 is 0 Å². The summed E-state index contributed by atoms with van der Waals surface area (Å²) in [5, 5.41) is 4.65. The predicted molar refractivity (Wildman–Crippen MR) is 161 cm³/mol. The summed E-state index contributed by atoms with van der Waals surface area (Å²) < 4.78 is 8.79. The Labute approximate surface area is 230 Å². The summed E-state index contributed by atoms with van der Waals surface area (Å²) in [5.74, 6) is 0.865. The lowest BCUT2D eigenvalue weighted by Crippen LogP contribution is -2.30. The quantitative estimate of drug-likeness (QED) is 0.217. The van der Waals surface area contributed by atoms with E-state index in [2.05, 4.69) is 133 Å². The van der Waals surface area contributed by atoms with Crippen LogP contribution in [0.5, 0.6) is 0 Å². The third-order valence-electron chi connectivity index (χ3n) is 7.57.